The van der Waals surface area contributed by atoms with Crippen molar-refractivity contribution in [2.24, 2.45) is 5.73 Å². The van der Waals surface area contributed by atoms with E-state index in [9.17, 15) is 9.18 Å². The van der Waals surface area contributed by atoms with Crippen molar-refractivity contribution in [1.82, 2.24) is 5.32 Å². The quantitative estimate of drug-likeness (QED) is 0.771. The molecule has 1 amide bonds. The Morgan fingerprint density at radius 2 is 1.88 bits per heavy atom. The number of hydrogen-bond donors (Lipinski definition) is 2. The van der Waals surface area contributed by atoms with Gasteiger partial charge in [0.2, 0.25) is 5.91 Å². The van der Waals surface area contributed by atoms with Gasteiger partial charge in [0.1, 0.15) is 5.82 Å². The van der Waals surface area contributed by atoms with Crippen LogP contribution in [0.3, 0.4) is 0 Å². The normalized spacial score (nSPS) is 16.1. The largest absolute Gasteiger partial charge is 0.401 e. The molecule has 130 valence electrons. The average molecular weight is 403 g/mol. The molecule has 1 fully saturated rings. The molecule has 0 unspecified atom stereocenters. The van der Waals surface area contributed by atoms with Crippen LogP contribution in [0, 0.1) is 5.82 Å². The highest BCUT2D eigenvalue weighted by molar-refractivity contribution is 9.10. The molecule has 1 atom stereocenters. The number of carbonyl (C=O) groups is 1. The first kappa shape index (κ1) is 17.7. The Bertz CT molecular complexity index is 800. The molecule has 0 radical (unpaired) electrons. The maximum absolute atomic E-state index is 14.1. The Hall–Kier alpha value is -2.14. The maximum Gasteiger partial charge on any atom is 0.231 e. The van der Waals surface area contributed by atoms with Gasteiger partial charge < -0.3 is 11.1 Å². The Morgan fingerprint density at radius 1 is 1.24 bits per heavy atom. The number of hydrogen-bond acceptors (Lipinski definition) is 2. The standard InChI is InChI=1S/C20H20BrFN2O/c1-13(23)18(12-14-6-8-15(21)9-7-14)24-19(25)20(10-11-20)16-4-2-3-5-17(16)22/h2-9,18H,1,10-12,23H2,(H,24,25)/t18-/m0/s1. The number of carbonyl (C=O) groups excluding carboxylic acids is 1. The van der Waals surface area contributed by atoms with Crippen molar-refractivity contribution in [3.05, 3.63) is 82.2 Å². The molecule has 0 saturated heterocycles. The highest BCUT2D eigenvalue weighted by Gasteiger charge is 2.53. The van der Waals surface area contributed by atoms with E-state index >= 15 is 0 Å². The summed E-state index contributed by atoms with van der Waals surface area (Å²) in [5.41, 5.74) is 7.01. The predicted octanol–water partition coefficient (Wildman–Crippen LogP) is 3.82. The zero-order valence-corrected chi connectivity index (χ0v) is 15.4. The number of amides is 1. The highest BCUT2D eigenvalue weighted by Crippen LogP contribution is 2.49. The van der Waals surface area contributed by atoms with Gasteiger partial charge in [-0.1, -0.05) is 52.8 Å². The molecule has 0 bridgehead atoms. The summed E-state index contributed by atoms with van der Waals surface area (Å²) in [4.78, 5) is 12.9. The van der Waals surface area contributed by atoms with E-state index in [0.717, 1.165) is 10.0 Å². The van der Waals surface area contributed by atoms with E-state index in [1.807, 2.05) is 24.3 Å². The monoisotopic (exact) mass is 402 g/mol. The first-order chi connectivity index (χ1) is 11.9. The van der Waals surface area contributed by atoms with Crippen LogP contribution in [0.15, 0.2) is 65.3 Å². The molecule has 0 aliphatic heterocycles. The summed E-state index contributed by atoms with van der Waals surface area (Å²) in [6, 6.07) is 13.9. The molecule has 3 nitrogen and oxygen atoms in total. The van der Waals surface area contributed by atoms with Gasteiger partial charge in [-0.25, -0.2) is 4.39 Å². The Balaban J connectivity index is 1.76. The summed E-state index contributed by atoms with van der Waals surface area (Å²) in [5, 5.41) is 2.97. The van der Waals surface area contributed by atoms with Crippen molar-refractivity contribution < 1.29 is 9.18 Å². The lowest BCUT2D eigenvalue weighted by atomic mass is 9.93. The van der Waals surface area contributed by atoms with Crippen molar-refractivity contribution >= 4 is 21.8 Å². The van der Waals surface area contributed by atoms with Gasteiger partial charge in [0.05, 0.1) is 11.5 Å². The predicted molar refractivity (Wildman–Crippen MR) is 100 cm³/mol. The SMILES string of the molecule is C=C(N)[C@H](Cc1ccc(Br)cc1)NC(=O)C1(c2ccccc2F)CC1. The molecular formula is C20H20BrFN2O. The van der Waals surface area contributed by atoms with Crippen LogP contribution in [-0.4, -0.2) is 11.9 Å². The topological polar surface area (TPSA) is 55.1 Å². The Kier molecular flexibility index (Phi) is 4.95. The van der Waals surface area contributed by atoms with Gasteiger partial charge in [0, 0.05) is 15.7 Å². The second kappa shape index (κ2) is 7.00. The van der Waals surface area contributed by atoms with Gasteiger partial charge in [-0.2, -0.15) is 0 Å². The average Bonchev–Trinajstić information content (AvgIpc) is 3.38. The third-order valence-electron chi connectivity index (χ3n) is 4.68. The molecule has 1 aliphatic carbocycles. The van der Waals surface area contributed by atoms with E-state index in [-0.39, 0.29) is 11.7 Å². The fourth-order valence-electron chi connectivity index (χ4n) is 3.02. The van der Waals surface area contributed by atoms with Crippen molar-refractivity contribution in [2.75, 3.05) is 0 Å². The van der Waals surface area contributed by atoms with Crippen molar-refractivity contribution in [3.63, 3.8) is 0 Å². The molecule has 1 aliphatic rings. The summed E-state index contributed by atoms with van der Waals surface area (Å²) in [6.07, 6.45) is 1.82. The first-order valence-corrected chi connectivity index (χ1v) is 8.96. The van der Waals surface area contributed by atoms with Crippen molar-refractivity contribution in [3.8, 4) is 0 Å². The van der Waals surface area contributed by atoms with Crippen molar-refractivity contribution in [2.45, 2.75) is 30.7 Å². The zero-order valence-electron chi connectivity index (χ0n) is 13.8. The van der Waals surface area contributed by atoms with Crippen LogP contribution in [0.1, 0.15) is 24.0 Å². The minimum absolute atomic E-state index is 0.189. The zero-order chi connectivity index (χ0) is 18.0. The molecule has 3 rings (SSSR count). The summed E-state index contributed by atoms with van der Waals surface area (Å²) >= 11 is 3.40. The van der Waals surface area contributed by atoms with Crippen LogP contribution in [0.2, 0.25) is 0 Å². The van der Waals surface area contributed by atoms with Gasteiger partial charge in [0.25, 0.3) is 0 Å². The maximum atomic E-state index is 14.1. The van der Waals surface area contributed by atoms with Crippen LogP contribution in [0.5, 0.6) is 0 Å². The van der Waals surface area contributed by atoms with E-state index in [0.29, 0.717) is 30.5 Å². The fraction of sp³-hybridized carbons (Fsp3) is 0.250. The van der Waals surface area contributed by atoms with Crippen molar-refractivity contribution in [1.29, 1.82) is 0 Å². The Labute approximate surface area is 155 Å². The molecule has 1 saturated carbocycles. The number of halogens is 2. The lowest BCUT2D eigenvalue weighted by molar-refractivity contribution is -0.124. The van der Waals surface area contributed by atoms with Crippen LogP contribution in [-0.2, 0) is 16.6 Å². The third kappa shape index (κ3) is 3.76. The van der Waals surface area contributed by atoms with Gasteiger partial charge in [0.15, 0.2) is 0 Å². The molecule has 0 heterocycles. The van der Waals surface area contributed by atoms with Crippen LogP contribution < -0.4 is 11.1 Å². The van der Waals surface area contributed by atoms with Crippen LogP contribution in [0.25, 0.3) is 0 Å². The smallest absolute Gasteiger partial charge is 0.231 e. The van der Waals surface area contributed by atoms with Gasteiger partial charge >= 0.3 is 0 Å². The fourth-order valence-corrected chi connectivity index (χ4v) is 3.28. The molecule has 0 aromatic heterocycles. The van der Waals surface area contributed by atoms with E-state index < -0.39 is 11.5 Å². The highest BCUT2D eigenvalue weighted by atomic mass is 79.9. The molecule has 3 N–H and O–H groups in total. The number of nitrogens with one attached hydrogen (secondary N) is 1. The minimum atomic E-state index is -0.779. The Morgan fingerprint density at radius 3 is 2.44 bits per heavy atom. The van der Waals surface area contributed by atoms with Crippen LogP contribution in [0.4, 0.5) is 4.39 Å². The number of nitrogens with two attached hydrogens (primary N) is 1. The molecule has 2 aromatic rings. The molecular weight excluding hydrogens is 383 g/mol. The first-order valence-electron chi connectivity index (χ1n) is 8.17. The second-order valence-corrected chi connectivity index (χ2v) is 7.41. The summed E-state index contributed by atoms with van der Waals surface area (Å²) < 4.78 is 15.1. The molecule has 5 heteroatoms. The second-order valence-electron chi connectivity index (χ2n) is 6.49. The van der Waals surface area contributed by atoms with E-state index in [2.05, 4.69) is 27.8 Å². The molecule has 25 heavy (non-hydrogen) atoms. The summed E-state index contributed by atoms with van der Waals surface area (Å²) in [6.45, 7) is 3.79. The van der Waals surface area contributed by atoms with E-state index in [1.54, 1.807) is 18.2 Å². The number of rotatable bonds is 6. The van der Waals surface area contributed by atoms with E-state index in [4.69, 9.17) is 5.73 Å². The van der Waals surface area contributed by atoms with Gasteiger partial charge in [-0.15, -0.1) is 0 Å². The summed E-state index contributed by atoms with van der Waals surface area (Å²) in [5.74, 6) is -0.530. The van der Waals surface area contributed by atoms with Crippen LogP contribution >= 0.6 is 15.9 Å². The third-order valence-corrected chi connectivity index (χ3v) is 5.21. The molecule has 2 aromatic carbocycles. The molecule has 0 spiro atoms. The minimum Gasteiger partial charge on any atom is -0.401 e. The van der Waals surface area contributed by atoms with Gasteiger partial charge in [-0.3, -0.25) is 4.79 Å². The summed E-state index contributed by atoms with van der Waals surface area (Å²) in [7, 11) is 0. The lowest BCUT2D eigenvalue weighted by Crippen LogP contribution is -2.45. The number of benzene rings is 2. The lowest BCUT2D eigenvalue weighted by Gasteiger charge is -2.23. The van der Waals surface area contributed by atoms with E-state index in [1.165, 1.54) is 6.07 Å². The van der Waals surface area contributed by atoms with Gasteiger partial charge in [-0.05, 0) is 43.0 Å².